The lowest BCUT2D eigenvalue weighted by atomic mass is 10.1. The molecule has 2 N–H and O–H groups in total. The molecule has 1 amide bonds. The van der Waals surface area contributed by atoms with Gasteiger partial charge in [0.05, 0.1) is 12.1 Å². The highest BCUT2D eigenvalue weighted by molar-refractivity contribution is 7.89. The summed E-state index contributed by atoms with van der Waals surface area (Å²) in [5.41, 5.74) is 0.345. The maximum Gasteiger partial charge on any atom is 0.243 e. The minimum Gasteiger partial charge on any atom is -0.486 e. The molecule has 0 aliphatic carbocycles. The van der Waals surface area contributed by atoms with Crippen LogP contribution in [0.3, 0.4) is 0 Å². The van der Waals surface area contributed by atoms with Gasteiger partial charge in [0.1, 0.15) is 18.1 Å². The Labute approximate surface area is 165 Å². The number of carbonyl (C=O) groups is 1. The number of hydrogen-bond donors (Lipinski definition) is 2. The number of fused-ring (bicyclic) bond motifs is 1. The molecule has 1 heterocycles. The van der Waals surface area contributed by atoms with Crippen molar-refractivity contribution in [2.75, 3.05) is 18.5 Å². The summed E-state index contributed by atoms with van der Waals surface area (Å²) in [5.74, 6) is 0.934. The summed E-state index contributed by atoms with van der Waals surface area (Å²) in [6.07, 6.45) is 0.0811. The van der Waals surface area contributed by atoms with Gasteiger partial charge in [-0.05, 0) is 50.6 Å². The SMILES string of the molecule is CC(C)(C)NS(=O)(=O)c1ccccc1NC(=O)Cc1ccc2c(c1)OCCO2. The highest BCUT2D eigenvalue weighted by atomic mass is 32.2. The molecule has 1 aliphatic rings. The van der Waals surface area contributed by atoms with Crippen LogP contribution in [0.5, 0.6) is 11.5 Å². The zero-order chi connectivity index (χ0) is 20.4. The Bertz CT molecular complexity index is 980. The topological polar surface area (TPSA) is 93.7 Å². The van der Waals surface area contributed by atoms with Gasteiger partial charge in [-0.15, -0.1) is 0 Å². The molecule has 2 aromatic rings. The van der Waals surface area contributed by atoms with Gasteiger partial charge in [0.25, 0.3) is 0 Å². The number of para-hydroxylation sites is 1. The second-order valence-corrected chi connectivity index (χ2v) is 9.21. The van der Waals surface area contributed by atoms with Crippen LogP contribution >= 0.6 is 0 Å². The molecule has 28 heavy (non-hydrogen) atoms. The van der Waals surface area contributed by atoms with E-state index in [2.05, 4.69) is 10.0 Å². The van der Waals surface area contributed by atoms with Crippen molar-refractivity contribution < 1.29 is 22.7 Å². The molecule has 0 fully saturated rings. The van der Waals surface area contributed by atoms with Crippen LogP contribution in [0.1, 0.15) is 26.3 Å². The van der Waals surface area contributed by atoms with Crippen LogP contribution < -0.4 is 19.5 Å². The lowest BCUT2D eigenvalue weighted by Gasteiger charge is -2.21. The van der Waals surface area contributed by atoms with Gasteiger partial charge >= 0.3 is 0 Å². The van der Waals surface area contributed by atoms with Crippen LogP contribution in [0.15, 0.2) is 47.4 Å². The van der Waals surface area contributed by atoms with Crippen LogP contribution in [-0.2, 0) is 21.2 Å². The van der Waals surface area contributed by atoms with E-state index in [-0.39, 0.29) is 22.9 Å². The fourth-order valence-electron chi connectivity index (χ4n) is 2.84. The van der Waals surface area contributed by atoms with Crippen LogP contribution in [0.2, 0.25) is 0 Å². The minimum atomic E-state index is -3.78. The first-order valence-corrected chi connectivity index (χ1v) is 10.4. The smallest absolute Gasteiger partial charge is 0.243 e. The Morgan fingerprint density at radius 2 is 1.71 bits per heavy atom. The summed E-state index contributed by atoms with van der Waals surface area (Å²) in [7, 11) is -3.78. The van der Waals surface area contributed by atoms with E-state index in [1.165, 1.54) is 6.07 Å². The van der Waals surface area contributed by atoms with E-state index in [1.54, 1.807) is 57.2 Å². The van der Waals surface area contributed by atoms with Crippen molar-refractivity contribution in [2.45, 2.75) is 37.6 Å². The lowest BCUT2D eigenvalue weighted by molar-refractivity contribution is -0.115. The fourth-order valence-corrected chi connectivity index (χ4v) is 4.42. The van der Waals surface area contributed by atoms with Gasteiger partial charge in [-0.1, -0.05) is 18.2 Å². The molecular weight excluding hydrogens is 380 g/mol. The highest BCUT2D eigenvalue weighted by Gasteiger charge is 2.25. The molecule has 7 nitrogen and oxygen atoms in total. The Hall–Kier alpha value is -2.58. The molecular formula is C20H24N2O5S. The first-order chi connectivity index (χ1) is 13.1. The summed E-state index contributed by atoms with van der Waals surface area (Å²) in [6.45, 7) is 6.24. The monoisotopic (exact) mass is 404 g/mol. The standard InChI is InChI=1S/C20H24N2O5S/c1-20(2,3)22-28(24,25)18-7-5-4-6-15(18)21-19(23)13-14-8-9-16-17(12-14)27-11-10-26-16/h4-9,12,22H,10-11,13H2,1-3H3,(H,21,23). The molecule has 3 rings (SSSR count). The summed E-state index contributed by atoms with van der Waals surface area (Å²) >= 11 is 0. The van der Waals surface area contributed by atoms with Crippen molar-refractivity contribution in [3.8, 4) is 11.5 Å². The molecule has 0 aromatic heterocycles. The van der Waals surface area contributed by atoms with E-state index < -0.39 is 15.6 Å². The number of amides is 1. The van der Waals surface area contributed by atoms with Crippen molar-refractivity contribution in [1.29, 1.82) is 0 Å². The molecule has 2 aromatic carbocycles. The van der Waals surface area contributed by atoms with E-state index in [0.717, 1.165) is 5.56 Å². The van der Waals surface area contributed by atoms with Crippen LogP contribution in [-0.4, -0.2) is 33.1 Å². The van der Waals surface area contributed by atoms with Crippen molar-refractivity contribution in [3.63, 3.8) is 0 Å². The highest BCUT2D eigenvalue weighted by Crippen LogP contribution is 2.31. The number of hydrogen-bond acceptors (Lipinski definition) is 5. The number of rotatable bonds is 5. The van der Waals surface area contributed by atoms with Crippen LogP contribution in [0, 0.1) is 0 Å². The zero-order valence-corrected chi connectivity index (χ0v) is 16.9. The Morgan fingerprint density at radius 1 is 1.04 bits per heavy atom. The van der Waals surface area contributed by atoms with Gasteiger partial charge in [-0.3, -0.25) is 4.79 Å². The van der Waals surface area contributed by atoms with E-state index >= 15 is 0 Å². The number of sulfonamides is 1. The van der Waals surface area contributed by atoms with Crippen molar-refractivity contribution in [1.82, 2.24) is 4.72 Å². The van der Waals surface area contributed by atoms with Gasteiger partial charge in [0, 0.05) is 5.54 Å². The predicted octanol–water partition coefficient (Wildman–Crippen LogP) is 2.72. The summed E-state index contributed by atoms with van der Waals surface area (Å²) in [5, 5.41) is 2.70. The largest absolute Gasteiger partial charge is 0.486 e. The molecule has 150 valence electrons. The van der Waals surface area contributed by atoms with Crippen molar-refractivity contribution >= 4 is 21.6 Å². The van der Waals surface area contributed by atoms with E-state index in [4.69, 9.17) is 9.47 Å². The molecule has 8 heteroatoms. The van der Waals surface area contributed by atoms with Gasteiger partial charge < -0.3 is 14.8 Å². The summed E-state index contributed by atoms with van der Waals surface area (Å²) in [6, 6.07) is 11.6. The molecule has 0 saturated carbocycles. The average molecular weight is 404 g/mol. The number of benzene rings is 2. The number of carbonyl (C=O) groups excluding carboxylic acids is 1. The summed E-state index contributed by atoms with van der Waals surface area (Å²) < 4.78 is 39.0. The normalized spacial score (nSPS) is 13.8. The second-order valence-electron chi connectivity index (χ2n) is 7.55. The van der Waals surface area contributed by atoms with E-state index in [9.17, 15) is 13.2 Å². The molecule has 0 spiro atoms. The third-order valence-corrected chi connectivity index (χ3v) is 5.68. The minimum absolute atomic E-state index is 0.0282. The predicted molar refractivity (Wildman–Crippen MR) is 106 cm³/mol. The average Bonchev–Trinajstić information content (AvgIpc) is 2.60. The molecule has 0 bridgehead atoms. The van der Waals surface area contributed by atoms with Crippen LogP contribution in [0.4, 0.5) is 5.69 Å². The first kappa shape index (κ1) is 20.2. The summed E-state index contributed by atoms with van der Waals surface area (Å²) in [4.78, 5) is 12.5. The number of anilines is 1. The molecule has 1 aliphatic heterocycles. The molecule has 0 radical (unpaired) electrons. The molecule has 0 saturated heterocycles. The van der Waals surface area contributed by atoms with Crippen molar-refractivity contribution in [3.05, 3.63) is 48.0 Å². The zero-order valence-electron chi connectivity index (χ0n) is 16.1. The van der Waals surface area contributed by atoms with Crippen molar-refractivity contribution in [2.24, 2.45) is 0 Å². The Balaban J connectivity index is 1.76. The maximum absolute atomic E-state index is 12.7. The van der Waals surface area contributed by atoms with Crippen LogP contribution in [0.25, 0.3) is 0 Å². The van der Waals surface area contributed by atoms with Gasteiger partial charge in [0.15, 0.2) is 11.5 Å². The molecule has 0 unspecified atom stereocenters. The quantitative estimate of drug-likeness (QED) is 0.799. The maximum atomic E-state index is 12.7. The fraction of sp³-hybridized carbons (Fsp3) is 0.350. The number of nitrogens with one attached hydrogen (secondary N) is 2. The third-order valence-electron chi connectivity index (χ3n) is 3.86. The van der Waals surface area contributed by atoms with Gasteiger partial charge in [0.2, 0.25) is 15.9 Å². The van der Waals surface area contributed by atoms with E-state index in [0.29, 0.717) is 24.7 Å². The van der Waals surface area contributed by atoms with E-state index in [1.807, 2.05) is 0 Å². The van der Waals surface area contributed by atoms with Gasteiger partial charge in [-0.2, -0.15) is 0 Å². The lowest BCUT2D eigenvalue weighted by Crippen LogP contribution is -2.40. The Kier molecular flexibility index (Phi) is 5.62. The second kappa shape index (κ2) is 7.81. The van der Waals surface area contributed by atoms with Gasteiger partial charge in [-0.25, -0.2) is 13.1 Å². The first-order valence-electron chi connectivity index (χ1n) is 8.95. The third kappa shape index (κ3) is 5.02. The number of ether oxygens (including phenoxy) is 2. The Morgan fingerprint density at radius 3 is 2.43 bits per heavy atom. The molecule has 0 atom stereocenters.